The van der Waals surface area contributed by atoms with Crippen LogP contribution >= 0.6 is 11.6 Å². The molecule has 1 amide bonds. The number of ether oxygens (including phenoxy) is 1. The minimum Gasteiger partial charge on any atom is -0.482 e. The first kappa shape index (κ1) is 16.1. The SMILES string of the molecule is NC(=O)COc1ccc(S(=O)(=O)N2CCCCC2)cc1Cl. The lowest BCUT2D eigenvalue weighted by Crippen LogP contribution is -2.35. The fraction of sp³-hybridized carbons (Fsp3) is 0.462. The molecule has 116 valence electrons. The Hall–Kier alpha value is -1.31. The number of amides is 1. The number of hydrogen-bond donors (Lipinski definition) is 1. The van der Waals surface area contributed by atoms with Crippen molar-refractivity contribution in [1.29, 1.82) is 0 Å². The summed E-state index contributed by atoms with van der Waals surface area (Å²) in [7, 11) is -3.53. The van der Waals surface area contributed by atoms with E-state index < -0.39 is 15.9 Å². The topological polar surface area (TPSA) is 89.7 Å². The predicted molar refractivity (Wildman–Crippen MR) is 78.8 cm³/mol. The van der Waals surface area contributed by atoms with Crippen LogP contribution < -0.4 is 10.5 Å². The summed E-state index contributed by atoms with van der Waals surface area (Å²) in [6.45, 7) is 0.748. The molecule has 6 nitrogen and oxygen atoms in total. The number of nitrogens with zero attached hydrogens (tertiary/aromatic N) is 1. The Morgan fingerprint density at radius 1 is 1.29 bits per heavy atom. The van der Waals surface area contributed by atoms with Crippen LogP contribution in [0.4, 0.5) is 0 Å². The summed E-state index contributed by atoms with van der Waals surface area (Å²) in [6.07, 6.45) is 2.78. The summed E-state index contributed by atoms with van der Waals surface area (Å²) in [5.74, 6) is -0.399. The summed E-state index contributed by atoms with van der Waals surface area (Å²) in [4.78, 5) is 10.8. The molecule has 1 aliphatic heterocycles. The molecule has 0 spiro atoms. The average Bonchev–Trinajstić information content (AvgIpc) is 2.46. The lowest BCUT2D eigenvalue weighted by molar-refractivity contribution is -0.119. The Bertz CT molecular complexity index is 627. The third-order valence-corrected chi connectivity index (χ3v) is 5.42. The summed E-state index contributed by atoms with van der Waals surface area (Å²) in [6, 6.07) is 4.19. The highest BCUT2D eigenvalue weighted by atomic mass is 35.5. The van der Waals surface area contributed by atoms with Crippen LogP contribution in [0.25, 0.3) is 0 Å². The lowest BCUT2D eigenvalue weighted by Gasteiger charge is -2.26. The van der Waals surface area contributed by atoms with E-state index in [1.54, 1.807) is 0 Å². The van der Waals surface area contributed by atoms with Crippen LogP contribution in [-0.2, 0) is 14.8 Å². The van der Waals surface area contributed by atoms with E-state index in [1.807, 2.05) is 0 Å². The van der Waals surface area contributed by atoms with E-state index in [9.17, 15) is 13.2 Å². The first-order chi connectivity index (χ1) is 9.91. The number of halogens is 1. The molecule has 0 bridgehead atoms. The van der Waals surface area contributed by atoms with E-state index in [2.05, 4.69) is 0 Å². The maximum absolute atomic E-state index is 12.5. The molecule has 8 heteroatoms. The fourth-order valence-electron chi connectivity index (χ4n) is 2.16. The van der Waals surface area contributed by atoms with Crippen LogP contribution in [-0.4, -0.2) is 38.3 Å². The van der Waals surface area contributed by atoms with E-state index in [0.29, 0.717) is 13.1 Å². The molecule has 1 aromatic carbocycles. The van der Waals surface area contributed by atoms with Crippen LogP contribution in [0.3, 0.4) is 0 Å². The number of primary amides is 1. The van der Waals surface area contributed by atoms with Crippen LogP contribution in [0.15, 0.2) is 23.1 Å². The monoisotopic (exact) mass is 332 g/mol. The molecule has 1 fully saturated rings. The van der Waals surface area contributed by atoms with Crippen molar-refractivity contribution in [2.75, 3.05) is 19.7 Å². The predicted octanol–water partition coefficient (Wildman–Crippen LogP) is 1.38. The summed E-state index contributed by atoms with van der Waals surface area (Å²) < 4.78 is 31.5. The van der Waals surface area contributed by atoms with Gasteiger partial charge in [0.25, 0.3) is 5.91 Å². The van der Waals surface area contributed by atoms with E-state index in [4.69, 9.17) is 22.1 Å². The highest BCUT2D eigenvalue weighted by Gasteiger charge is 2.26. The highest BCUT2D eigenvalue weighted by Crippen LogP contribution is 2.29. The largest absolute Gasteiger partial charge is 0.482 e. The van der Waals surface area contributed by atoms with Gasteiger partial charge in [-0.3, -0.25) is 4.79 Å². The van der Waals surface area contributed by atoms with Crippen molar-refractivity contribution in [3.63, 3.8) is 0 Å². The Labute approximate surface area is 128 Å². The molecule has 0 atom stereocenters. The third kappa shape index (κ3) is 3.87. The molecular weight excluding hydrogens is 316 g/mol. The smallest absolute Gasteiger partial charge is 0.255 e. The van der Waals surface area contributed by atoms with Crippen LogP contribution in [0.5, 0.6) is 5.75 Å². The molecule has 1 saturated heterocycles. The maximum Gasteiger partial charge on any atom is 0.255 e. The second-order valence-electron chi connectivity index (χ2n) is 4.81. The van der Waals surface area contributed by atoms with Gasteiger partial charge in [0.2, 0.25) is 10.0 Å². The van der Waals surface area contributed by atoms with Gasteiger partial charge < -0.3 is 10.5 Å². The third-order valence-electron chi connectivity index (χ3n) is 3.23. The van der Waals surface area contributed by atoms with Gasteiger partial charge in [0.15, 0.2) is 6.61 Å². The van der Waals surface area contributed by atoms with E-state index in [0.717, 1.165) is 19.3 Å². The Kier molecular flexibility index (Phi) is 5.08. The van der Waals surface area contributed by atoms with Gasteiger partial charge in [-0.15, -0.1) is 0 Å². The van der Waals surface area contributed by atoms with Crippen LogP contribution in [0.2, 0.25) is 5.02 Å². The molecule has 2 N–H and O–H groups in total. The second-order valence-corrected chi connectivity index (χ2v) is 7.16. The van der Waals surface area contributed by atoms with Crippen molar-refractivity contribution < 1.29 is 17.9 Å². The number of rotatable bonds is 5. The number of benzene rings is 1. The molecule has 0 aromatic heterocycles. The van der Waals surface area contributed by atoms with Crippen molar-refractivity contribution in [3.8, 4) is 5.75 Å². The molecule has 0 saturated carbocycles. The Morgan fingerprint density at radius 3 is 2.52 bits per heavy atom. The molecule has 1 heterocycles. The number of hydrogen-bond acceptors (Lipinski definition) is 4. The first-order valence-electron chi connectivity index (χ1n) is 6.62. The summed E-state index contributed by atoms with van der Waals surface area (Å²) in [5.41, 5.74) is 4.98. The Balaban J connectivity index is 2.20. The molecule has 1 aliphatic rings. The van der Waals surface area contributed by atoms with Crippen molar-refractivity contribution in [2.45, 2.75) is 24.2 Å². The van der Waals surface area contributed by atoms with Crippen molar-refractivity contribution in [1.82, 2.24) is 4.31 Å². The highest BCUT2D eigenvalue weighted by molar-refractivity contribution is 7.89. The van der Waals surface area contributed by atoms with E-state index >= 15 is 0 Å². The molecule has 0 aliphatic carbocycles. The quantitative estimate of drug-likeness (QED) is 0.882. The molecule has 2 rings (SSSR count). The minimum atomic E-state index is -3.53. The number of nitrogens with two attached hydrogens (primary N) is 1. The first-order valence-corrected chi connectivity index (χ1v) is 8.44. The van der Waals surface area contributed by atoms with Gasteiger partial charge in [-0.05, 0) is 31.0 Å². The molecular formula is C13H17ClN2O4S. The minimum absolute atomic E-state index is 0.126. The molecule has 0 radical (unpaired) electrons. The van der Waals surface area contributed by atoms with Crippen LogP contribution in [0.1, 0.15) is 19.3 Å². The van der Waals surface area contributed by atoms with Gasteiger partial charge in [-0.1, -0.05) is 18.0 Å². The van der Waals surface area contributed by atoms with Crippen molar-refractivity contribution >= 4 is 27.5 Å². The van der Waals surface area contributed by atoms with Gasteiger partial charge in [0.05, 0.1) is 9.92 Å². The van der Waals surface area contributed by atoms with E-state index in [-0.39, 0.29) is 22.3 Å². The lowest BCUT2D eigenvalue weighted by atomic mass is 10.2. The number of carbonyl (C=O) groups excluding carboxylic acids is 1. The fourth-order valence-corrected chi connectivity index (χ4v) is 4.01. The maximum atomic E-state index is 12.5. The summed E-state index contributed by atoms with van der Waals surface area (Å²) >= 11 is 6.00. The standard InChI is InChI=1S/C13H17ClN2O4S/c14-11-8-10(4-5-12(11)20-9-13(15)17)21(18,19)16-6-2-1-3-7-16/h4-5,8H,1-3,6-7,9H2,(H2,15,17). The zero-order valence-electron chi connectivity index (χ0n) is 11.4. The van der Waals surface area contributed by atoms with Crippen LogP contribution in [0, 0.1) is 0 Å². The molecule has 1 aromatic rings. The van der Waals surface area contributed by atoms with Gasteiger partial charge in [-0.25, -0.2) is 8.42 Å². The van der Waals surface area contributed by atoms with Gasteiger partial charge in [0, 0.05) is 13.1 Å². The van der Waals surface area contributed by atoms with Gasteiger partial charge in [-0.2, -0.15) is 4.31 Å². The summed E-state index contributed by atoms with van der Waals surface area (Å²) in [5, 5.41) is 0.134. The van der Waals surface area contributed by atoms with Gasteiger partial charge >= 0.3 is 0 Å². The molecule has 0 unspecified atom stereocenters. The Morgan fingerprint density at radius 2 is 1.95 bits per heavy atom. The zero-order chi connectivity index (χ0) is 15.5. The average molecular weight is 333 g/mol. The van der Waals surface area contributed by atoms with Gasteiger partial charge in [0.1, 0.15) is 5.75 Å². The second kappa shape index (κ2) is 6.64. The molecule has 21 heavy (non-hydrogen) atoms. The van der Waals surface area contributed by atoms with Crippen molar-refractivity contribution in [3.05, 3.63) is 23.2 Å². The number of sulfonamides is 1. The number of piperidine rings is 1. The zero-order valence-corrected chi connectivity index (χ0v) is 13.0. The van der Waals surface area contributed by atoms with E-state index in [1.165, 1.54) is 22.5 Å². The van der Waals surface area contributed by atoms with Crippen molar-refractivity contribution in [2.24, 2.45) is 5.73 Å². The number of carbonyl (C=O) groups is 1. The normalized spacial score (nSPS) is 16.6.